The highest BCUT2D eigenvalue weighted by atomic mass is 32.2. The summed E-state index contributed by atoms with van der Waals surface area (Å²) in [6, 6.07) is 14.7. The van der Waals surface area contributed by atoms with Crippen molar-refractivity contribution in [1.29, 1.82) is 0 Å². The van der Waals surface area contributed by atoms with Crippen molar-refractivity contribution in [3.63, 3.8) is 0 Å². The molecular formula is C25H30N4O4S. The van der Waals surface area contributed by atoms with Gasteiger partial charge in [0.25, 0.3) is 0 Å². The zero-order valence-electron chi connectivity index (χ0n) is 19.9. The minimum atomic E-state index is -0.424. The first kappa shape index (κ1) is 25.3. The van der Waals surface area contributed by atoms with Crippen molar-refractivity contribution in [3.8, 4) is 5.75 Å². The summed E-state index contributed by atoms with van der Waals surface area (Å²) < 4.78 is 13.0. The molecule has 0 unspecified atom stereocenters. The average Bonchev–Trinajstić information content (AvgIpc) is 3.23. The van der Waals surface area contributed by atoms with Gasteiger partial charge in [0.15, 0.2) is 11.0 Å². The lowest BCUT2D eigenvalue weighted by Gasteiger charge is -2.10. The van der Waals surface area contributed by atoms with Crippen molar-refractivity contribution in [2.24, 2.45) is 0 Å². The van der Waals surface area contributed by atoms with Gasteiger partial charge >= 0.3 is 5.97 Å². The summed E-state index contributed by atoms with van der Waals surface area (Å²) in [6.07, 6.45) is 0.768. The van der Waals surface area contributed by atoms with E-state index in [4.69, 9.17) is 9.47 Å². The van der Waals surface area contributed by atoms with Crippen molar-refractivity contribution in [3.05, 3.63) is 65.5 Å². The van der Waals surface area contributed by atoms with E-state index in [1.807, 2.05) is 35.8 Å². The predicted molar refractivity (Wildman–Crippen MR) is 132 cm³/mol. The fraction of sp³-hybridized carbons (Fsp3) is 0.360. The van der Waals surface area contributed by atoms with Crippen molar-refractivity contribution in [2.45, 2.75) is 58.5 Å². The van der Waals surface area contributed by atoms with Crippen molar-refractivity contribution in [2.75, 3.05) is 11.1 Å². The van der Waals surface area contributed by atoms with Crippen LogP contribution in [0.25, 0.3) is 0 Å². The molecule has 0 aliphatic carbocycles. The normalized spacial score (nSPS) is 10.9. The van der Waals surface area contributed by atoms with Crippen LogP contribution in [0.2, 0.25) is 0 Å². The molecule has 0 aliphatic heterocycles. The standard InChI is InChI=1S/C25H30N4O4S/c1-5-18-10-12-21(13-11-18)32-15-22-27-28-25(29(22)6-2)34-16-23(30)26-20-9-7-8-19(14-20)24(31)33-17(3)4/h7-14,17H,5-6,15-16H2,1-4H3,(H,26,30). The Balaban J connectivity index is 1.55. The molecule has 0 atom stereocenters. The fourth-order valence-corrected chi connectivity index (χ4v) is 3.97. The number of thioether (sulfide) groups is 1. The molecule has 1 N–H and O–H groups in total. The zero-order valence-corrected chi connectivity index (χ0v) is 20.7. The molecule has 180 valence electrons. The molecule has 2 aromatic carbocycles. The number of anilines is 1. The van der Waals surface area contributed by atoms with E-state index in [0.717, 1.165) is 12.2 Å². The van der Waals surface area contributed by atoms with Crippen LogP contribution in [0.15, 0.2) is 53.7 Å². The number of hydrogen-bond acceptors (Lipinski definition) is 7. The van der Waals surface area contributed by atoms with Gasteiger partial charge in [0.1, 0.15) is 12.4 Å². The minimum Gasteiger partial charge on any atom is -0.486 e. The van der Waals surface area contributed by atoms with Crippen molar-refractivity contribution < 1.29 is 19.1 Å². The Labute approximate surface area is 204 Å². The Bertz CT molecular complexity index is 1110. The maximum absolute atomic E-state index is 12.5. The Hall–Kier alpha value is -3.33. The maximum Gasteiger partial charge on any atom is 0.338 e. The summed E-state index contributed by atoms with van der Waals surface area (Å²) in [5, 5.41) is 11.9. The van der Waals surface area contributed by atoms with Gasteiger partial charge in [-0.3, -0.25) is 4.79 Å². The lowest BCUT2D eigenvalue weighted by molar-refractivity contribution is -0.113. The Morgan fingerprint density at radius 3 is 2.53 bits per heavy atom. The second kappa shape index (κ2) is 12.2. The van der Waals surface area contributed by atoms with Crippen LogP contribution in [0, 0.1) is 0 Å². The van der Waals surface area contributed by atoms with E-state index in [1.165, 1.54) is 17.3 Å². The van der Waals surface area contributed by atoms with Gasteiger partial charge in [-0.1, -0.05) is 36.9 Å². The molecular weight excluding hydrogens is 452 g/mol. The first-order valence-electron chi connectivity index (χ1n) is 11.3. The summed E-state index contributed by atoms with van der Waals surface area (Å²) in [5.41, 5.74) is 2.17. The molecule has 1 heterocycles. The Kier molecular flexibility index (Phi) is 9.09. The van der Waals surface area contributed by atoms with E-state index in [1.54, 1.807) is 38.1 Å². The molecule has 3 aromatic rings. The number of amides is 1. The number of carbonyl (C=O) groups excluding carboxylic acids is 2. The van der Waals surface area contributed by atoms with Crippen molar-refractivity contribution >= 4 is 29.3 Å². The lowest BCUT2D eigenvalue weighted by Crippen LogP contribution is -2.16. The molecule has 0 bridgehead atoms. The molecule has 34 heavy (non-hydrogen) atoms. The fourth-order valence-electron chi connectivity index (χ4n) is 3.15. The number of aromatic nitrogens is 3. The molecule has 1 amide bonds. The van der Waals surface area contributed by atoms with E-state index in [0.29, 0.717) is 35.4 Å². The molecule has 8 nitrogen and oxygen atoms in total. The summed E-state index contributed by atoms with van der Waals surface area (Å²) in [4.78, 5) is 24.6. The van der Waals surface area contributed by atoms with Crippen molar-refractivity contribution in [1.82, 2.24) is 14.8 Å². The van der Waals surface area contributed by atoms with Gasteiger partial charge in [0.2, 0.25) is 5.91 Å². The van der Waals surface area contributed by atoms with Gasteiger partial charge in [0, 0.05) is 12.2 Å². The van der Waals surface area contributed by atoms with Gasteiger partial charge in [-0.2, -0.15) is 0 Å². The van der Waals surface area contributed by atoms with Crippen LogP contribution in [0.1, 0.15) is 49.4 Å². The highest BCUT2D eigenvalue weighted by molar-refractivity contribution is 7.99. The number of hydrogen-bond donors (Lipinski definition) is 1. The van der Waals surface area contributed by atoms with E-state index in [-0.39, 0.29) is 17.8 Å². The number of aryl methyl sites for hydroxylation is 1. The van der Waals surface area contributed by atoms with E-state index < -0.39 is 5.97 Å². The molecule has 9 heteroatoms. The van der Waals surface area contributed by atoms with Crippen LogP contribution in [0.3, 0.4) is 0 Å². The second-order valence-corrected chi connectivity index (χ2v) is 8.74. The number of ether oxygens (including phenoxy) is 2. The predicted octanol–water partition coefficient (Wildman–Crippen LogP) is 4.74. The lowest BCUT2D eigenvalue weighted by atomic mass is 10.2. The summed E-state index contributed by atoms with van der Waals surface area (Å²) in [7, 11) is 0. The van der Waals surface area contributed by atoms with E-state index in [2.05, 4.69) is 22.4 Å². The van der Waals surface area contributed by atoms with E-state index in [9.17, 15) is 9.59 Å². The SMILES string of the molecule is CCc1ccc(OCc2nnc(SCC(=O)Nc3cccc(C(=O)OC(C)C)c3)n2CC)cc1. The largest absolute Gasteiger partial charge is 0.486 e. The Morgan fingerprint density at radius 1 is 1.09 bits per heavy atom. The first-order chi connectivity index (χ1) is 16.4. The molecule has 0 saturated heterocycles. The number of rotatable bonds is 11. The van der Waals surface area contributed by atoms with Crippen LogP contribution in [-0.2, 0) is 29.1 Å². The number of benzene rings is 2. The van der Waals surface area contributed by atoms with E-state index >= 15 is 0 Å². The number of nitrogens with zero attached hydrogens (tertiary/aromatic N) is 3. The van der Waals surface area contributed by atoms with Crippen LogP contribution in [0.5, 0.6) is 5.75 Å². The monoisotopic (exact) mass is 482 g/mol. The third-order valence-electron chi connectivity index (χ3n) is 4.87. The third kappa shape index (κ3) is 7.08. The number of nitrogens with one attached hydrogen (secondary N) is 1. The smallest absolute Gasteiger partial charge is 0.338 e. The van der Waals surface area contributed by atoms with Gasteiger partial charge in [-0.15, -0.1) is 10.2 Å². The summed E-state index contributed by atoms with van der Waals surface area (Å²) >= 11 is 1.30. The van der Waals surface area contributed by atoms with Crippen LogP contribution >= 0.6 is 11.8 Å². The highest BCUT2D eigenvalue weighted by Gasteiger charge is 2.15. The molecule has 0 saturated carbocycles. The molecule has 0 aliphatic rings. The highest BCUT2D eigenvalue weighted by Crippen LogP contribution is 2.20. The van der Waals surface area contributed by atoms with Crippen LogP contribution in [-0.4, -0.2) is 38.5 Å². The van der Waals surface area contributed by atoms with Crippen LogP contribution in [0.4, 0.5) is 5.69 Å². The second-order valence-electron chi connectivity index (χ2n) is 7.80. The molecule has 0 fully saturated rings. The molecule has 0 spiro atoms. The van der Waals surface area contributed by atoms with Crippen LogP contribution < -0.4 is 10.1 Å². The van der Waals surface area contributed by atoms with Gasteiger partial charge < -0.3 is 19.4 Å². The molecule has 0 radical (unpaired) electrons. The summed E-state index contributed by atoms with van der Waals surface area (Å²) in [6.45, 7) is 8.63. The molecule has 3 rings (SSSR count). The average molecular weight is 483 g/mol. The van der Waals surface area contributed by atoms with Gasteiger partial charge in [0.05, 0.1) is 17.4 Å². The third-order valence-corrected chi connectivity index (χ3v) is 5.83. The van der Waals surface area contributed by atoms with Gasteiger partial charge in [-0.05, 0) is 63.1 Å². The quantitative estimate of drug-likeness (QED) is 0.312. The number of esters is 1. The first-order valence-corrected chi connectivity index (χ1v) is 12.3. The maximum atomic E-state index is 12.5. The topological polar surface area (TPSA) is 95.3 Å². The van der Waals surface area contributed by atoms with Gasteiger partial charge in [-0.25, -0.2) is 4.79 Å². The number of carbonyl (C=O) groups is 2. The molecule has 1 aromatic heterocycles. The Morgan fingerprint density at radius 2 is 1.85 bits per heavy atom. The zero-order chi connectivity index (χ0) is 24.5. The summed E-state index contributed by atoms with van der Waals surface area (Å²) in [5.74, 6) is 0.988. The minimum absolute atomic E-state index is 0.151.